The molecule has 1 heterocycles. The van der Waals surface area contributed by atoms with Crippen LogP contribution in [0.5, 0.6) is 0 Å². The molecule has 0 aromatic heterocycles. The minimum absolute atomic E-state index is 0.0407. The fourth-order valence-electron chi connectivity index (χ4n) is 7.72. The fourth-order valence-corrected chi connectivity index (χ4v) is 7.72. The van der Waals surface area contributed by atoms with Gasteiger partial charge in [-0.2, -0.15) is 0 Å². The summed E-state index contributed by atoms with van der Waals surface area (Å²) in [5, 5.41) is 13.1. The first-order valence-corrected chi connectivity index (χ1v) is 21.4. The Morgan fingerprint density at radius 3 is 2.03 bits per heavy atom. The monoisotopic (exact) mass is 871 g/mol. The van der Waals surface area contributed by atoms with Gasteiger partial charge in [-0.25, -0.2) is 4.79 Å². The highest BCUT2D eigenvalue weighted by molar-refractivity contribution is 5.98. The van der Waals surface area contributed by atoms with Crippen molar-refractivity contribution in [2.45, 2.75) is 88.2 Å². The molecule has 64 heavy (non-hydrogen) atoms. The first-order chi connectivity index (χ1) is 30.6. The van der Waals surface area contributed by atoms with Crippen molar-refractivity contribution in [3.8, 4) is 0 Å². The lowest BCUT2D eigenvalue weighted by Gasteiger charge is -2.34. The van der Waals surface area contributed by atoms with Crippen LogP contribution in [0.1, 0.15) is 72.6 Å². The Hall–Kier alpha value is -6.41. The van der Waals surface area contributed by atoms with Crippen molar-refractivity contribution in [2.75, 3.05) is 27.7 Å². The number of likely N-dealkylation sites (N-methyl/N-ethyl adjacent to an activating group) is 2. The van der Waals surface area contributed by atoms with Crippen molar-refractivity contribution in [1.29, 1.82) is 0 Å². The van der Waals surface area contributed by atoms with Gasteiger partial charge in [0.05, 0.1) is 18.2 Å². The number of aliphatic hydroxyl groups is 1. The molecular weight excluding hydrogens is 815 g/mol. The number of aliphatic hydroxyl groups excluding tert-OH is 1. The third-order valence-electron chi connectivity index (χ3n) is 11.0. The normalized spacial score (nSPS) is 18.8. The third-order valence-corrected chi connectivity index (χ3v) is 11.0. The second-order valence-electron chi connectivity index (χ2n) is 17.1. The van der Waals surface area contributed by atoms with Crippen LogP contribution < -0.4 is 5.32 Å². The molecule has 1 fully saturated rings. The average molecular weight is 872 g/mol. The first kappa shape index (κ1) is 47.1. The maximum absolute atomic E-state index is 14.9. The van der Waals surface area contributed by atoms with Gasteiger partial charge in [-0.05, 0) is 56.5 Å². The van der Waals surface area contributed by atoms with E-state index in [1.54, 1.807) is 71.3 Å². The van der Waals surface area contributed by atoms with Gasteiger partial charge in [-0.3, -0.25) is 19.2 Å². The summed E-state index contributed by atoms with van der Waals surface area (Å²) in [7, 11) is 4.78. The molecule has 1 aliphatic heterocycles. The number of esters is 2. The maximum atomic E-state index is 14.9. The zero-order valence-electron chi connectivity index (χ0n) is 37.1. The molecule has 5 atom stereocenters. The molecule has 2 N–H and O–H groups in total. The van der Waals surface area contributed by atoms with Crippen LogP contribution in [0, 0.1) is 0 Å². The number of benzene rings is 4. The molecule has 1 aliphatic carbocycles. The summed E-state index contributed by atoms with van der Waals surface area (Å²) in [6.07, 6.45) is 1.86. The van der Waals surface area contributed by atoms with E-state index in [9.17, 15) is 29.1 Å². The summed E-state index contributed by atoms with van der Waals surface area (Å²) in [6.45, 7) is 4.83. The Morgan fingerprint density at radius 2 is 1.44 bits per heavy atom. The molecule has 2 aliphatic rings. The van der Waals surface area contributed by atoms with Crippen LogP contribution in [-0.4, -0.2) is 108 Å². The lowest BCUT2D eigenvalue weighted by atomic mass is 9.90. The molecule has 13 nitrogen and oxygen atoms in total. The van der Waals surface area contributed by atoms with E-state index < -0.39 is 72.1 Å². The molecular formula is C51H57N3O10. The van der Waals surface area contributed by atoms with Crippen molar-refractivity contribution >= 4 is 35.7 Å². The van der Waals surface area contributed by atoms with Gasteiger partial charge in [0.15, 0.2) is 0 Å². The minimum atomic E-state index is -1.45. The first-order valence-electron chi connectivity index (χ1n) is 21.4. The van der Waals surface area contributed by atoms with Crippen molar-refractivity contribution in [3.63, 3.8) is 0 Å². The van der Waals surface area contributed by atoms with Gasteiger partial charge in [0, 0.05) is 63.2 Å². The van der Waals surface area contributed by atoms with Crippen LogP contribution in [0.2, 0.25) is 0 Å². The summed E-state index contributed by atoms with van der Waals surface area (Å²) >= 11 is 0. The van der Waals surface area contributed by atoms with Crippen molar-refractivity contribution in [2.24, 2.45) is 0 Å². The number of hydrogen-bond acceptors (Lipinski definition) is 10. The summed E-state index contributed by atoms with van der Waals surface area (Å²) in [6, 6.07) is 32.9. The van der Waals surface area contributed by atoms with Crippen LogP contribution in [-0.2, 0) is 50.3 Å². The van der Waals surface area contributed by atoms with E-state index in [-0.39, 0.29) is 42.7 Å². The SMILES string of the molecule is CN(C)C(=O)C=Cc1ccccc1C(=O)O[C@@H]1CC(C(=O)N(C)[C@H](Cc2ccccc2)C(=O)N[C@H](CO)CCC(=O)OC(C)(C)C)=C[C@H]2OC(c3ccccc3)(c3ccccc3)O[C@H]21. The van der Waals surface area contributed by atoms with E-state index in [0.717, 1.165) is 5.56 Å². The van der Waals surface area contributed by atoms with E-state index >= 15 is 0 Å². The number of rotatable bonds is 16. The topological polar surface area (TPSA) is 161 Å². The van der Waals surface area contributed by atoms with Gasteiger partial charge in [-0.15, -0.1) is 0 Å². The second-order valence-corrected chi connectivity index (χ2v) is 17.1. The molecule has 1 saturated heterocycles. The van der Waals surface area contributed by atoms with Gasteiger partial charge in [0.25, 0.3) is 0 Å². The van der Waals surface area contributed by atoms with E-state index in [4.69, 9.17) is 18.9 Å². The number of carbonyl (C=O) groups is 5. The molecule has 4 aromatic carbocycles. The quantitative estimate of drug-likeness (QED) is 0.101. The molecule has 336 valence electrons. The number of hydrogen-bond donors (Lipinski definition) is 2. The van der Waals surface area contributed by atoms with Crippen LogP contribution in [0.4, 0.5) is 0 Å². The molecule has 0 spiro atoms. The number of fused-ring (bicyclic) bond motifs is 1. The van der Waals surface area contributed by atoms with Crippen molar-refractivity contribution in [1.82, 2.24) is 15.1 Å². The number of carbonyl (C=O) groups excluding carboxylic acids is 5. The molecule has 4 aromatic rings. The van der Waals surface area contributed by atoms with Gasteiger partial charge in [0.2, 0.25) is 23.5 Å². The van der Waals surface area contributed by atoms with Crippen LogP contribution in [0.15, 0.2) is 133 Å². The summed E-state index contributed by atoms with van der Waals surface area (Å²) in [5.74, 6) is -3.94. The minimum Gasteiger partial charge on any atom is -0.460 e. The molecule has 0 radical (unpaired) electrons. The maximum Gasteiger partial charge on any atom is 0.339 e. The zero-order chi connectivity index (χ0) is 46.0. The fraction of sp³-hybridized carbons (Fsp3) is 0.353. The Kier molecular flexibility index (Phi) is 15.3. The lowest BCUT2D eigenvalue weighted by molar-refractivity contribution is -0.157. The Labute approximate surface area is 374 Å². The van der Waals surface area contributed by atoms with Crippen molar-refractivity contribution in [3.05, 3.63) is 161 Å². The lowest BCUT2D eigenvalue weighted by Crippen LogP contribution is -2.53. The van der Waals surface area contributed by atoms with Crippen LogP contribution >= 0.6 is 0 Å². The summed E-state index contributed by atoms with van der Waals surface area (Å²) in [4.78, 5) is 71.1. The van der Waals surface area contributed by atoms with E-state index in [0.29, 0.717) is 16.7 Å². The van der Waals surface area contributed by atoms with Gasteiger partial charge < -0.3 is 39.2 Å². The van der Waals surface area contributed by atoms with Crippen molar-refractivity contribution < 1.29 is 48.0 Å². The number of nitrogens with one attached hydrogen (secondary N) is 1. The van der Waals surface area contributed by atoms with Gasteiger partial charge in [-0.1, -0.05) is 109 Å². The van der Waals surface area contributed by atoms with Gasteiger partial charge in [0.1, 0.15) is 30.0 Å². The highest BCUT2D eigenvalue weighted by Gasteiger charge is 2.55. The molecule has 0 saturated carbocycles. The number of amides is 3. The predicted molar refractivity (Wildman–Crippen MR) is 240 cm³/mol. The third kappa shape index (κ3) is 11.6. The highest BCUT2D eigenvalue weighted by Crippen LogP contribution is 2.47. The number of ether oxygens (including phenoxy) is 4. The van der Waals surface area contributed by atoms with Gasteiger partial charge >= 0.3 is 11.9 Å². The predicted octanol–water partition coefficient (Wildman–Crippen LogP) is 6.00. The van der Waals surface area contributed by atoms with E-state index in [1.165, 1.54) is 22.9 Å². The van der Waals surface area contributed by atoms with E-state index in [2.05, 4.69) is 5.32 Å². The smallest absolute Gasteiger partial charge is 0.339 e. The number of nitrogens with zero attached hydrogens (tertiary/aromatic N) is 2. The molecule has 0 bridgehead atoms. The van der Waals surface area contributed by atoms with E-state index in [1.807, 2.05) is 91.0 Å². The highest BCUT2D eigenvalue weighted by atomic mass is 16.8. The zero-order valence-corrected chi connectivity index (χ0v) is 37.1. The summed E-state index contributed by atoms with van der Waals surface area (Å²) < 4.78 is 25.6. The Morgan fingerprint density at radius 1 is 0.844 bits per heavy atom. The molecule has 6 rings (SSSR count). The van der Waals surface area contributed by atoms with Crippen LogP contribution in [0.3, 0.4) is 0 Å². The average Bonchev–Trinajstić information content (AvgIpc) is 3.70. The standard InChI is InChI=1S/C51H57N3O10/c1-50(2,3)63-45(57)29-27-39(33-55)52-47(58)41(30-34-18-10-7-11-19-34)54(6)48(59)36-31-42(61-49(60)40-25-17-16-20-35(40)26-28-44(56)53(4)5)46-43(32-36)62-51(64-46,37-21-12-8-13-22-37)38-23-14-9-15-24-38/h7-26,28,32,39,41-43,46,55H,27,29-31,33H2,1-6H3,(H,52,58)/t39-,41+,42+,43+,46-/m0/s1. The Bertz CT molecular complexity index is 2290. The largest absolute Gasteiger partial charge is 0.460 e. The molecule has 3 amide bonds. The van der Waals surface area contributed by atoms with Crippen LogP contribution in [0.25, 0.3) is 6.08 Å². The molecule has 0 unspecified atom stereocenters. The second kappa shape index (κ2) is 20.8. The Balaban J connectivity index is 1.34. The molecule has 13 heteroatoms. The summed E-state index contributed by atoms with van der Waals surface area (Å²) in [5.41, 5.74) is 2.33.